The zero-order valence-corrected chi connectivity index (χ0v) is 21.0. The number of benzene rings is 1. The van der Waals surface area contributed by atoms with Gasteiger partial charge in [0.1, 0.15) is 5.82 Å². The molecule has 0 spiro atoms. The van der Waals surface area contributed by atoms with Crippen molar-refractivity contribution in [3.8, 4) is 11.5 Å². The summed E-state index contributed by atoms with van der Waals surface area (Å²) in [6, 6.07) is 12.2. The van der Waals surface area contributed by atoms with Gasteiger partial charge in [0.05, 0.1) is 13.2 Å². The van der Waals surface area contributed by atoms with Gasteiger partial charge < -0.3 is 24.6 Å². The molecule has 31 heavy (non-hydrogen) atoms. The number of guanidine groups is 1. The number of hydrogen-bond donors (Lipinski definition) is 1. The Hall–Kier alpha value is -2.23. The Bertz CT molecular complexity index is 811. The molecule has 0 atom stereocenters. The Morgan fingerprint density at radius 3 is 2.42 bits per heavy atom. The number of aliphatic imine (C=N–C) groups is 1. The standard InChI is InChI=1S/C23H33N5O2.HI/c1-4-29-20-10-9-19(18-21(20)30-5-2)11-13-26-23(24-3)28-16-14-27(15-17-28)22-8-6-7-12-25-22;/h6-10,12,18H,4-5,11,13-17H2,1-3H3,(H,24,26);1H. The Balaban J connectivity index is 0.00000341. The summed E-state index contributed by atoms with van der Waals surface area (Å²) >= 11 is 0. The van der Waals surface area contributed by atoms with Crippen LogP contribution in [0, 0.1) is 0 Å². The summed E-state index contributed by atoms with van der Waals surface area (Å²) in [5, 5.41) is 3.50. The number of piperazine rings is 1. The number of anilines is 1. The fraction of sp³-hybridized carbons (Fsp3) is 0.478. The molecule has 0 saturated carbocycles. The molecule has 1 N–H and O–H groups in total. The third kappa shape index (κ3) is 7.15. The quantitative estimate of drug-likeness (QED) is 0.315. The van der Waals surface area contributed by atoms with Crippen LogP contribution in [-0.4, -0.2) is 68.8 Å². The maximum Gasteiger partial charge on any atom is 0.193 e. The Morgan fingerprint density at radius 1 is 1.03 bits per heavy atom. The summed E-state index contributed by atoms with van der Waals surface area (Å²) in [7, 11) is 1.84. The predicted octanol–water partition coefficient (Wildman–Crippen LogP) is 3.44. The summed E-state index contributed by atoms with van der Waals surface area (Å²) in [4.78, 5) is 13.6. The van der Waals surface area contributed by atoms with Crippen LogP contribution in [0.2, 0.25) is 0 Å². The van der Waals surface area contributed by atoms with Gasteiger partial charge in [0, 0.05) is 46.0 Å². The van der Waals surface area contributed by atoms with Crippen LogP contribution in [0.15, 0.2) is 47.6 Å². The van der Waals surface area contributed by atoms with Crippen LogP contribution in [0.1, 0.15) is 19.4 Å². The first kappa shape index (κ1) is 25.0. The predicted molar refractivity (Wildman–Crippen MR) is 137 cm³/mol. The molecular formula is C23H34IN5O2. The second-order valence-corrected chi connectivity index (χ2v) is 7.03. The lowest BCUT2D eigenvalue weighted by atomic mass is 10.1. The molecule has 1 aliphatic heterocycles. The van der Waals surface area contributed by atoms with Crippen molar-refractivity contribution in [2.24, 2.45) is 4.99 Å². The molecule has 0 unspecified atom stereocenters. The van der Waals surface area contributed by atoms with Gasteiger partial charge in [-0.3, -0.25) is 4.99 Å². The molecule has 2 heterocycles. The molecule has 0 bridgehead atoms. The van der Waals surface area contributed by atoms with E-state index in [4.69, 9.17) is 9.47 Å². The van der Waals surface area contributed by atoms with E-state index in [1.165, 1.54) is 5.56 Å². The van der Waals surface area contributed by atoms with E-state index in [-0.39, 0.29) is 24.0 Å². The normalized spacial score (nSPS) is 14.1. The Morgan fingerprint density at radius 2 is 1.77 bits per heavy atom. The van der Waals surface area contributed by atoms with Gasteiger partial charge in [0.15, 0.2) is 17.5 Å². The minimum Gasteiger partial charge on any atom is -0.490 e. The highest BCUT2D eigenvalue weighted by atomic mass is 127. The fourth-order valence-electron chi connectivity index (χ4n) is 3.59. The van der Waals surface area contributed by atoms with Crippen LogP contribution < -0.4 is 19.7 Å². The minimum absolute atomic E-state index is 0. The SMILES string of the molecule is CCOc1ccc(CCNC(=NC)N2CCN(c3ccccn3)CC2)cc1OCC.I. The van der Waals surface area contributed by atoms with E-state index in [9.17, 15) is 0 Å². The van der Waals surface area contributed by atoms with Crippen molar-refractivity contribution in [3.63, 3.8) is 0 Å². The van der Waals surface area contributed by atoms with Gasteiger partial charge in [0.25, 0.3) is 0 Å². The minimum atomic E-state index is 0. The maximum absolute atomic E-state index is 5.73. The number of nitrogens with zero attached hydrogens (tertiary/aromatic N) is 4. The first-order chi connectivity index (χ1) is 14.7. The Labute approximate surface area is 202 Å². The lowest BCUT2D eigenvalue weighted by Crippen LogP contribution is -2.53. The topological polar surface area (TPSA) is 62.2 Å². The van der Waals surface area contributed by atoms with Crippen molar-refractivity contribution < 1.29 is 9.47 Å². The van der Waals surface area contributed by atoms with Crippen molar-refractivity contribution in [1.29, 1.82) is 0 Å². The molecule has 1 saturated heterocycles. The molecule has 1 fully saturated rings. The molecule has 3 rings (SSSR count). The number of aromatic nitrogens is 1. The lowest BCUT2D eigenvalue weighted by molar-refractivity contribution is 0.287. The van der Waals surface area contributed by atoms with Crippen molar-refractivity contribution >= 4 is 35.8 Å². The second-order valence-electron chi connectivity index (χ2n) is 7.03. The Kier molecular flexibility index (Phi) is 10.7. The highest BCUT2D eigenvalue weighted by Gasteiger charge is 2.20. The van der Waals surface area contributed by atoms with E-state index < -0.39 is 0 Å². The molecule has 0 radical (unpaired) electrons. The monoisotopic (exact) mass is 539 g/mol. The lowest BCUT2D eigenvalue weighted by Gasteiger charge is -2.37. The number of ether oxygens (including phenoxy) is 2. The van der Waals surface area contributed by atoms with Crippen LogP contribution in [-0.2, 0) is 6.42 Å². The molecule has 8 heteroatoms. The van der Waals surface area contributed by atoms with Gasteiger partial charge in [-0.2, -0.15) is 0 Å². The first-order valence-corrected chi connectivity index (χ1v) is 10.7. The van der Waals surface area contributed by atoms with Gasteiger partial charge in [-0.15, -0.1) is 24.0 Å². The summed E-state index contributed by atoms with van der Waals surface area (Å²) in [6.07, 6.45) is 2.74. The van der Waals surface area contributed by atoms with Crippen LogP contribution >= 0.6 is 24.0 Å². The number of pyridine rings is 1. The van der Waals surface area contributed by atoms with Gasteiger partial charge in [0.2, 0.25) is 0 Å². The molecule has 1 aliphatic rings. The molecule has 0 aliphatic carbocycles. The third-order valence-electron chi connectivity index (χ3n) is 5.07. The maximum atomic E-state index is 5.73. The van der Waals surface area contributed by atoms with Crippen LogP contribution in [0.5, 0.6) is 11.5 Å². The molecule has 1 aromatic carbocycles. The van der Waals surface area contributed by atoms with E-state index in [1.807, 2.05) is 45.3 Å². The van der Waals surface area contributed by atoms with Gasteiger partial charge in [-0.05, 0) is 50.1 Å². The van der Waals surface area contributed by atoms with Crippen molar-refractivity contribution in [2.75, 3.05) is 57.9 Å². The molecule has 0 amide bonds. The highest BCUT2D eigenvalue weighted by molar-refractivity contribution is 14.0. The van der Waals surface area contributed by atoms with Crippen LogP contribution in [0.3, 0.4) is 0 Å². The molecule has 1 aromatic heterocycles. The van der Waals surface area contributed by atoms with Crippen molar-refractivity contribution in [3.05, 3.63) is 48.2 Å². The van der Waals surface area contributed by atoms with Crippen LogP contribution in [0.25, 0.3) is 0 Å². The van der Waals surface area contributed by atoms with E-state index in [2.05, 4.69) is 43.3 Å². The third-order valence-corrected chi connectivity index (χ3v) is 5.07. The van der Waals surface area contributed by atoms with E-state index >= 15 is 0 Å². The summed E-state index contributed by atoms with van der Waals surface area (Å²) in [5.74, 6) is 3.61. The number of hydrogen-bond acceptors (Lipinski definition) is 5. The first-order valence-electron chi connectivity index (χ1n) is 10.7. The summed E-state index contributed by atoms with van der Waals surface area (Å²) in [6.45, 7) is 9.76. The number of rotatable bonds is 8. The summed E-state index contributed by atoms with van der Waals surface area (Å²) < 4.78 is 11.4. The summed E-state index contributed by atoms with van der Waals surface area (Å²) in [5.41, 5.74) is 1.21. The molecule has 2 aromatic rings. The van der Waals surface area contributed by atoms with Crippen LogP contribution in [0.4, 0.5) is 5.82 Å². The van der Waals surface area contributed by atoms with Crippen molar-refractivity contribution in [1.82, 2.24) is 15.2 Å². The average molecular weight is 539 g/mol. The molecular weight excluding hydrogens is 505 g/mol. The van der Waals surface area contributed by atoms with Gasteiger partial charge >= 0.3 is 0 Å². The van der Waals surface area contributed by atoms with Crippen molar-refractivity contribution in [2.45, 2.75) is 20.3 Å². The van der Waals surface area contributed by atoms with E-state index in [0.717, 1.165) is 62.4 Å². The zero-order valence-electron chi connectivity index (χ0n) is 18.7. The largest absolute Gasteiger partial charge is 0.490 e. The fourth-order valence-corrected chi connectivity index (χ4v) is 3.59. The van der Waals surface area contributed by atoms with E-state index in [1.54, 1.807) is 0 Å². The number of halogens is 1. The zero-order chi connectivity index (χ0) is 21.2. The second kappa shape index (κ2) is 13.2. The number of nitrogens with one attached hydrogen (secondary N) is 1. The van der Waals surface area contributed by atoms with Gasteiger partial charge in [-0.25, -0.2) is 4.98 Å². The molecule has 7 nitrogen and oxygen atoms in total. The average Bonchev–Trinajstić information content (AvgIpc) is 2.79. The highest BCUT2D eigenvalue weighted by Crippen LogP contribution is 2.28. The van der Waals surface area contributed by atoms with E-state index in [0.29, 0.717) is 13.2 Å². The smallest absolute Gasteiger partial charge is 0.193 e. The molecule has 170 valence electrons. The van der Waals surface area contributed by atoms with Gasteiger partial charge in [-0.1, -0.05) is 12.1 Å².